The maximum Gasteiger partial charge on any atom is 0.107 e. The quantitative estimate of drug-likeness (QED) is 0.449. The number of hydrogen-bond acceptors (Lipinski definition) is 6. The van der Waals surface area contributed by atoms with Crippen LogP contribution in [-0.2, 0) is 11.3 Å². The number of hydrogen-bond donors (Lipinski definition) is 1. The van der Waals surface area contributed by atoms with E-state index >= 15 is 0 Å². The van der Waals surface area contributed by atoms with Crippen molar-refractivity contribution in [2.75, 3.05) is 12.4 Å². The van der Waals surface area contributed by atoms with E-state index in [1.54, 1.807) is 27.8 Å². The fraction of sp³-hybridized carbons (Fsp3) is 0.286. The largest absolute Gasteiger partial charge is 0.377 e. The number of aromatic nitrogens is 2. The lowest BCUT2D eigenvalue weighted by molar-refractivity contribution is 0.122. The molecule has 3 nitrogen and oxygen atoms in total. The van der Waals surface area contributed by atoms with E-state index in [2.05, 4.69) is 28.7 Å². The number of rotatable bonds is 8. The lowest BCUT2D eigenvalue weighted by Crippen LogP contribution is -1.96. The van der Waals surface area contributed by atoms with Gasteiger partial charge in [0.05, 0.1) is 6.61 Å². The average Bonchev–Trinajstić information content (AvgIpc) is 2.52. The minimum absolute atomic E-state index is 0.610. The summed E-state index contributed by atoms with van der Waals surface area (Å²) in [6.45, 7) is 1.36. The molecule has 6 heteroatoms. The Morgan fingerprint density at radius 1 is 1.05 bits per heavy atom. The van der Waals surface area contributed by atoms with Gasteiger partial charge in [-0.25, -0.2) is 9.97 Å². The molecule has 0 radical (unpaired) electrons. The highest BCUT2D eigenvalue weighted by Crippen LogP contribution is 2.34. The molecular weight excluding hydrogens is 308 g/mol. The Morgan fingerprint density at radius 2 is 1.90 bits per heavy atom. The van der Waals surface area contributed by atoms with Crippen LogP contribution in [0.5, 0.6) is 0 Å². The summed E-state index contributed by atoms with van der Waals surface area (Å²) < 4.78 is 5.52. The molecule has 0 atom stereocenters. The molecule has 106 valence electrons. The van der Waals surface area contributed by atoms with Crippen molar-refractivity contribution in [3.63, 3.8) is 0 Å². The van der Waals surface area contributed by atoms with Crippen LogP contribution in [-0.4, -0.2) is 22.3 Å². The molecule has 0 amide bonds. The molecule has 0 aliphatic carbocycles. The topological polar surface area (TPSA) is 35.0 Å². The summed E-state index contributed by atoms with van der Waals surface area (Å²) >= 11 is 4.15. The van der Waals surface area contributed by atoms with Crippen molar-refractivity contribution >= 4 is 34.2 Å². The van der Waals surface area contributed by atoms with Gasteiger partial charge in [0.1, 0.15) is 10.1 Å². The maximum atomic E-state index is 5.52. The molecule has 0 aliphatic heterocycles. The fourth-order valence-corrected chi connectivity index (χ4v) is 3.25. The first-order chi connectivity index (χ1) is 9.88. The van der Waals surface area contributed by atoms with Crippen LogP contribution in [0.2, 0.25) is 0 Å². The average molecular weight is 324 g/mol. The first-order valence-electron chi connectivity index (χ1n) is 6.27. The number of pyridine rings is 2. The molecule has 20 heavy (non-hydrogen) atoms. The van der Waals surface area contributed by atoms with Crippen LogP contribution in [0.1, 0.15) is 12.0 Å². The van der Waals surface area contributed by atoms with Gasteiger partial charge in [-0.05, 0) is 57.5 Å². The summed E-state index contributed by atoms with van der Waals surface area (Å²) in [5.74, 6) is 0.860. The smallest absolute Gasteiger partial charge is 0.107 e. The van der Waals surface area contributed by atoms with Crippen molar-refractivity contribution in [2.24, 2.45) is 0 Å². The first-order valence-corrected chi connectivity index (χ1v) is 9.06. The molecule has 2 rings (SSSR count). The summed E-state index contributed by atoms with van der Waals surface area (Å²) in [7, 11) is 3.21. The zero-order chi connectivity index (χ0) is 14.0. The van der Waals surface area contributed by atoms with Crippen LogP contribution in [0.25, 0.3) is 0 Å². The van der Waals surface area contributed by atoms with Gasteiger partial charge in [0, 0.05) is 19.0 Å². The third kappa shape index (κ3) is 5.75. The van der Waals surface area contributed by atoms with Crippen molar-refractivity contribution in [3.05, 3.63) is 48.3 Å². The molecule has 0 saturated heterocycles. The van der Waals surface area contributed by atoms with E-state index in [0.717, 1.165) is 34.4 Å². The molecule has 0 aromatic carbocycles. The second-order valence-corrected chi connectivity index (χ2v) is 6.59. The van der Waals surface area contributed by atoms with Gasteiger partial charge >= 0.3 is 0 Å². The predicted octanol–water partition coefficient (Wildman–Crippen LogP) is 4.11. The van der Waals surface area contributed by atoms with Crippen molar-refractivity contribution in [1.29, 1.82) is 0 Å². The van der Waals surface area contributed by atoms with Crippen molar-refractivity contribution in [3.8, 4) is 0 Å². The first kappa shape index (κ1) is 15.7. The van der Waals surface area contributed by atoms with E-state index in [0.29, 0.717) is 6.61 Å². The van der Waals surface area contributed by atoms with Crippen molar-refractivity contribution < 1.29 is 4.74 Å². The van der Waals surface area contributed by atoms with E-state index in [-0.39, 0.29) is 0 Å². The number of nitrogens with zero attached hydrogens (tertiary/aromatic N) is 2. The Labute approximate surface area is 132 Å². The second kappa shape index (κ2) is 9.28. The van der Waals surface area contributed by atoms with Gasteiger partial charge in [0.2, 0.25) is 0 Å². The van der Waals surface area contributed by atoms with E-state index in [1.165, 1.54) is 0 Å². The second-order valence-electron chi connectivity index (χ2n) is 3.97. The Bertz CT molecular complexity index is 494. The summed E-state index contributed by atoms with van der Waals surface area (Å²) in [5, 5.41) is 1.96. The minimum atomic E-state index is 0.610. The molecule has 0 N–H and O–H groups in total. The molecule has 0 spiro atoms. The zero-order valence-electron chi connectivity index (χ0n) is 10.9. The molecule has 0 bridgehead atoms. The highest BCUT2D eigenvalue weighted by Gasteiger charge is 2.00. The monoisotopic (exact) mass is 324 g/mol. The van der Waals surface area contributed by atoms with Crippen LogP contribution in [0, 0.1) is 0 Å². The highest BCUT2D eigenvalue weighted by molar-refractivity contribution is 8.76. The zero-order valence-corrected chi connectivity index (χ0v) is 13.5. The molecule has 0 fully saturated rings. The van der Waals surface area contributed by atoms with Crippen molar-refractivity contribution in [2.45, 2.75) is 23.1 Å². The number of thiol groups is 1. The summed E-state index contributed by atoms with van der Waals surface area (Å²) in [4.78, 5) is 8.67. The molecule has 2 aromatic rings. The molecule has 0 unspecified atom stereocenters. The van der Waals surface area contributed by atoms with E-state index in [4.69, 9.17) is 4.74 Å². The molecule has 0 aliphatic rings. The standard InChI is InChI=1S/C14H16N2OS3/c18-9-3-8-17-11-12-5-6-14(16-10-12)20-19-13-4-1-2-7-15-13/h1-2,4-7,10,18H,3,8-9,11H2. The SMILES string of the molecule is SCCCOCc1ccc(SSc2ccccn2)nc1. The van der Waals surface area contributed by atoms with Crippen LogP contribution >= 0.6 is 34.2 Å². The van der Waals surface area contributed by atoms with Gasteiger partial charge < -0.3 is 4.74 Å². The Kier molecular flexibility index (Phi) is 7.28. The normalized spacial score (nSPS) is 10.7. The van der Waals surface area contributed by atoms with Gasteiger partial charge in [0.25, 0.3) is 0 Å². The third-order valence-electron chi connectivity index (χ3n) is 2.36. The highest BCUT2D eigenvalue weighted by atomic mass is 33.1. The summed E-state index contributed by atoms with van der Waals surface area (Å²) in [6, 6.07) is 9.94. The molecule has 2 aromatic heterocycles. The van der Waals surface area contributed by atoms with E-state index in [9.17, 15) is 0 Å². The summed E-state index contributed by atoms with van der Waals surface area (Å²) in [6.07, 6.45) is 4.63. The van der Waals surface area contributed by atoms with E-state index in [1.807, 2.05) is 30.5 Å². The Morgan fingerprint density at radius 3 is 2.55 bits per heavy atom. The van der Waals surface area contributed by atoms with E-state index < -0.39 is 0 Å². The molecular formula is C14H16N2OS3. The van der Waals surface area contributed by atoms with Gasteiger partial charge in [-0.3, -0.25) is 0 Å². The summed E-state index contributed by atoms with van der Waals surface area (Å²) in [5.41, 5.74) is 1.09. The predicted molar refractivity (Wildman–Crippen MR) is 88.3 cm³/mol. The van der Waals surface area contributed by atoms with Crippen molar-refractivity contribution in [1.82, 2.24) is 9.97 Å². The van der Waals surface area contributed by atoms with Crippen LogP contribution in [0.4, 0.5) is 0 Å². The Balaban J connectivity index is 1.76. The third-order valence-corrected chi connectivity index (χ3v) is 4.86. The van der Waals surface area contributed by atoms with Crippen LogP contribution < -0.4 is 0 Å². The van der Waals surface area contributed by atoms with Gasteiger partial charge in [-0.2, -0.15) is 12.6 Å². The lowest BCUT2D eigenvalue weighted by atomic mass is 10.3. The minimum Gasteiger partial charge on any atom is -0.377 e. The van der Waals surface area contributed by atoms with Crippen LogP contribution in [0.3, 0.4) is 0 Å². The van der Waals surface area contributed by atoms with Gasteiger partial charge in [-0.15, -0.1) is 0 Å². The van der Waals surface area contributed by atoms with Crippen LogP contribution in [0.15, 0.2) is 52.8 Å². The number of ether oxygens (including phenoxy) is 1. The van der Waals surface area contributed by atoms with Gasteiger partial charge in [0.15, 0.2) is 0 Å². The lowest BCUT2D eigenvalue weighted by Gasteiger charge is -2.04. The fourth-order valence-electron chi connectivity index (χ4n) is 1.38. The molecule has 0 saturated carbocycles. The van der Waals surface area contributed by atoms with Gasteiger partial charge in [-0.1, -0.05) is 12.1 Å². The maximum absolute atomic E-state index is 5.52. The Hall–Kier alpha value is -0.690. The molecule has 2 heterocycles.